The summed E-state index contributed by atoms with van der Waals surface area (Å²) in [7, 11) is 0. The van der Waals surface area contributed by atoms with E-state index in [0.29, 0.717) is 11.3 Å². The average molecular weight is 136 g/mol. The van der Waals surface area contributed by atoms with E-state index in [1.807, 2.05) is 13.0 Å². The molecule has 0 aliphatic carbocycles. The molecule has 3 heteroatoms. The molecule has 1 rings (SSSR count). The van der Waals surface area contributed by atoms with Crippen LogP contribution in [0.1, 0.15) is 16.9 Å². The van der Waals surface area contributed by atoms with Crippen molar-refractivity contribution in [2.75, 3.05) is 5.73 Å². The minimum absolute atomic E-state index is 0.220. The van der Waals surface area contributed by atoms with Crippen LogP contribution >= 0.6 is 0 Å². The molecule has 0 spiro atoms. The highest BCUT2D eigenvalue weighted by Crippen LogP contribution is 2.21. The van der Waals surface area contributed by atoms with Gasteiger partial charge >= 0.3 is 0 Å². The smallest absolute Gasteiger partial charge is 0.208 e. The van der Waals surface area contributed by atoms with Crippen molar-refractivity contribution < 1.29 is 4.42 Å². The fourth-order valence-electron chi connectivity index (χ4n) is 0.792. The second kappa shape index (κ2) is 2.07. The Labute approximate surface area is 59.1 Å². The standard InChI is InChI=1S/C7H8N2O/c1-4-5(2)10-7(9)6(4)3-8/h9H2,1-2H3. The molecule has 0 amide bonds. The quantitative estimate of drug-likeness (QED) is 0.585. The number of anilines is 1. The zero-order chi connectivity index (χ0) is 7.72. The number of hydrogen-bond acceptors (Lipinski definition) is 3. The van der Waals surface area contributed by atoms with Gasteiger partial charge in [0.1, 0.15) is 17.4 Å². The topological polar surface area (TPSA) is 62.9 Å². The van der Waals surface area contributed by atoms with Crippen molar-refractivity contribution in [1.29, 1.82) is 5.26 Å². The van der Waals surface area contributed by atoms with E-state index in [2.05, 4.69) is 0 Å². The number of hydrogen-bond donors (Lipinski definition) is 1. The average Bonchev–Trinajstić information content (AvgIpc) is 2.09. The van der Waals surface area contributed by atoms with Gasteiger partial charge in [0.15, 0.2) is 0 Å². The molecule has 0 aliphatic heterocycles. The van der Waals surface area contributed by atoms with Gasteiger partial charge in [-0.3, -0.25) is 0 Å². The Morgan fingerprint density at radius 2 is 2.10 bits per heavy atom. The highest BCUT2D eigenvalue weighted by atomic mass is 16.4. The lowest BCUT2D eigenvalue weighted by molar-refractivity contribution is 0.550. The van der Waals surface area contributed by atoms with Gasteiger partial charge in [0.05, 0.1) is 0 Å². The largest absolute Gasteiger partial charge is 0.445 e. The third-order valence-corrected chi connectivity index (χ3v) is 1.52. The lowest BCUT2D eigenvalue weighted by Gasteiger charge is -1.82. The lowest BCUT2D eigenvalue weighted by Crippen LogP contribution is -1.84. The first-order valence-corrected chi connectivity index (χ1v) is 2.92. The molecule has 0 aliphatic rings. The van der Waals surface area contributed by atoms with Crippen molar-refractivity contribution >= 4 is 5.88 Å². The summed E-state index contributed by atoms with van der Waals surface area (Å²) in [5.41, 5.74) is 6.65. The third kappa shape index (κ3) is 0.742. The number of nitriles is 1. The van der Waals surface area contributed by atoms with E-state index in [1.165, 1.54) is 0 Å². The first-order chi connectivity index (χ1) is 4.66. The van der Waals surface area contributed by atoms with Crippen LogP contribution in [-0.4, -0.2) is 0 Å². The van der Waals surface area contributed by atoms with Crippen molar-refractivity contribution in [3.05, 3.63) is 16.9 Å². The molecule has 1 aromatic rings. The van der Waals surface area contributed by atoms with E-state index >= 15 is 0 Å². The molecule has 1 aromatic heterocycles. The summed E-state index contributed by atoms with van der Waals surface area (Å²) in [6.45, 7) is 3.60. The monoisotopic (exact) mass is 136 g/mol. The highest BCUT2D eigenvalue weighted by molar-refractivity contribution is 5.52. The zero-order valence-corrected chi connectivity index (χ0v) is 5.93. The minimum Gasteiger partial charge on any atom is -0.445 e. The molecular weight excluding hydrogens is 128 g/mol. The number of rotatable bonds is 0. The van der Waals surface area contributed by atoms with Gasteiger partial charge in [0, 0.05) is 5.56 Å². The number of nitrogen functional groups attached to an aromatic ring is 1. The Hall–Kier alpha value is -1.43. The predicted octanol–water partition coefficient (Wildman–Crippen LogP) is 1.35. The molecule has 1 heterocycles. The first-order valence-electron chi connectivity index (χ1n) is 2.92. The first kappa shape index (κ1) is 6.69. The normalized spacial score (nSPS) is 9.30. The molecule has 0 saturated carbocycles. The number of furan rings is 1. The minimum atomic E-state index is 0.220. The molecule has 2 N–H and O–H groups in total. The molecule has 10 heavy (non-hydrogen) atoms. The summed E-state index contributed by atoms with van der Waals surface area (Å²) >= 11 is 0. The van der Waals surface area contributed by atoms with E-state index in [-0.39, 0.29) is 5.88 Å². The number of nitrogens with two attached hydrogens (primary N) is 1. The third-order valence-electron chi connectivity index (χ3n) is 1.52. The van der Waals surface area contributed by atoms with Gasteiger partial charge in [0.2, 0.25) is 5.88 Å². The molecule has 52 valence electrons. The Kier molecular flexibility index (Phi) is 1.38. The van der Waals surface area contributed by atoms with Gasteiger partial charge in [-0.2, -0.15) is 5.26 Å². The van der Waals surface area contributed by atoms with Crippen LogP contribution in [0.4, 0.5) is 5.88 Å². The van der Waals surface area contributed by atoms with Crippen molar-refractivity contribution in [2.24, 2.45) is 0 Å². The molecule has 0 fully saturated rings. The van der Waals surface area contributed by atoms with E-state index in [0.717, 1.165) is 5.56 Å². The van der Waals surface area contributed by atoms with Crippen LogP contribution in [0.2, 0.25) is 0 Å². The van der Waals surface area contributed by atoms with Crippen molar-refractivity contribution in [3.63, 3.8) is 0 Å². The summed E-state index contributed by atoms with van der Waals surface area (Å²) in [6.07, 6.45) is 0. The molecule has 0 bridgehead atoms. The Morgan fingerprint density at radius 1 is 1.50 bits per heavy atom. The van der Waals surface area contributed by atoms with Gasteiger partial charge in [-0.25, -0.2) is 0 Å². The number of nitrogens with zero attached hydrogens (tertiary/aromatic N) is 1. The molecule has 0 saturated heterocycles. The molecule has 0 aromatic carbocycles. The molecule has 3 nitrogen and oxygen atoms in total. The van der Waals surface area contributed by atoms with Crippen LogP contribution in [0.5, 0.6) is 0 Å². The van der Waals surface area contributed by atoms with Gasteiger partial charge < -0.3 is 10.2 Å². The van der Waals surface area contributed by atoms with Gasteiger partial charge in [-0.15, -0.1) is 0 Å². The second-order valence-electron chi connectivity index (χ2n) is 2.13. The van der Waals surface area contributed by atoms with Gasteiger partial charge in [-0.1, -0.05) is 0 Å². The van der Waals surface area contributed by atoms with Gasteiger partial charge in [-0.05, 0) is 13.8 Å². The maximum Gasteiger partial charge on any atom is 0.208 e. The SMILES string of the molecule is Cc1oc(N)c(C#N)c1C. The van der Waals surface area contributed by atoms with Crippen LogP contribution < -0.4 is 5.73 Å². The van der Waals surface area contributed by atoms with Gasteiger partial charge in [0.25, 0.3) is 0 Å². The fourth-order valence-corrected chi connectivity index (χ4v) is 0.792. The zero-order valence-electron chi connectivity index (χ0n) is 5.93. The number of aryl methyl sites for hydroxylation is 1. The highest BCUT2D eigenvalue weighted by Gasteiger charge is 2.09. The summed E-state index contributed by atoms with van der Waals surface area (Å²) in [5.74, 6) is 0.937. The summed E-state index contributed by atoms with van der Waals surface area (Å²) in [4.78, 5) is 0. The molecule has 0 atom stereocenters. The molecule has 0 radical (unpaired) electrons. The van der Waals surface area contributed by atoms with Crippen molar-refractivity contribution in [3.8, 4) is 6.07 Å². The van der Waals surface area contributed by atoms with Crippen LogP contribution in [-0.2, 0) is 0 Å². The Bertz CT molecular complexity index is 293. The molecular formula is C7H8N2O. The van der Waals surface area contributed by atoms with Crippen LogP contribution in [0, 0.1) is 25.2 Å². The Morgan fingerprint density at radius 3 is 2.30 bits per heavy atom. The van der Waals surface area contributed by atoms with E-state index in [9.17, 15) is 0 Å². The molecule has 0 unspecified atom stereocenters. The van der Waals surface area contributed by atoms with Crippen LogP contribution in [0.25, 0.3) is 0 Å². The summed E-state index contributed by atoms with van der Waals surface area (Å²) < 4.78 is 4.99. The van der Waals surface area contributed by atoms with Crippen molar-refractivity contribution in [2.45, 2.75) is 13.8 Å². The van der Waals surface area contributed by atoms with Crippen LogP contribution in [0.15, 0.2) is 4.42 Å². The predicted molar refractivity (Wildman–Crippen MR) is 37.3 cm³/mol. The van der Waals surface area contributed by atoms with Crippen molar-refractivity contribution in [1.82, 2.24) is 0 Å². The van der Waals surface area contributed by atoms with Crippen LogP contribution in [0.3, 0.4) is 0 Å². The van der Waals surface area contributed by atoms with E-state index in [1.54, 1.807) is 6.92 Å². The summed E-state index contributed by atoms with van der Waals surface area (Å²) in [6, 6.07) is 1.97. The summed E-state index contributed by atoms with van der Waals surface area (Å²) in [5, 5.41) is 8.52. The maximum atomic E-state index is 8.52. The fraction of sp³-hybridized carbons (Fsp3) is 0.286. The lowest BCUT2D eigenvalue weighted by atomic mass is 10.2. The second-order valence-corrected chi connectivity index (χ2v) is 2.13. The Balaban J connectivity index is 3.37. The van der Waals surface area contributed by atoms with E-state index < -0.39 is 0 Å². The van der Waals surface area contributed by atoms with E-state index in [4.69, 9.17) is 15.4 Å². The maximum absolute atomic E-state index is 8.52.